The highest BCUT2D eigenvalue weighted by Crippen LogP contribution is 2.27. The molecule has 1 aliphatic carbocycles. The van der Waals surface area contributed by atoms with Crippen molar-refractivity contribution < 1.29 is 33.4 Å². The first-order valence-electron chi connectivity index (χ1n) is 20.1. The summed E-state index contributed by atoms with van der Waals surface area (Å²) >= 11 is 0. The molecule has 14 heteroatoms. The molecular weight excluding hydrogens is 666 g/mol. The highest BCUT2D eigenvalue weighted by atomic mass is 16.5. The minimum absolute atomic E-state index is 0.0692. The van der Waals surface area contributed by atoms with E-state index in [1.54, 1.807) is 7.05 Å². The Morgan fingerprint density at radius 1 is 0.788 bits per heavy atom. The van der Waals surface area contributed by atoms with Crippen LogP contribution in [0.4, 0.5) is 0 Å². The first-order valence-corrected chi connectivity index (χ1v) is 20.1. The van der Waals surface area contributed by atoms with Crippen molar-refractivity contribution in [3.8, 4) is 0 Å². The Kier molecular flexibility index (Phi) is 19.3. The molecule has 52 heavy (non-hydrogen) atoms. The van der Waals surface area contributed by atoms with Gasteiger partial charge < -0.3 is 46.7 Å². The number of hydrogen-bond donors (Lipinski definition) is 6. The molecule has 2 saturated heterocycles. The normalized spacial score (nSPS) is 31.4. The fourth-order valence-corrected chi connectivity index (χ4v) is 7.55. The van der Waals surface area contributed by atoms with Crippen molar-refractivity contribution in [1.29, 1.82) is 0 Å². The topological polar surface area (TPSA) is 193 Å². The summed E-state index contributed by atoms with van der Waals surface area (Å²) < 4.78 is 12.4. The quantitative estimate of drug-likeness (QED) is 0.128. The van der Waals surface area contributed by atoms with Gasteiger partial charge in [0, 0.05) is 26.2 Å². The Balaban J connectivity index is 1.98. The van der Waals surface area contributed by atoms with E-state index in [-0.39, 0.29) is 37.7 Å². The summed E-state index contributed by atoms with van der Waals surface area (Å²) in [5.74, 6) is -2.91. The molecule has 0 aromatic carbocycles. The van der Waals surface area contributed by atoms with Crippen molar-refractivity contribution in [2.24, 2.45) is 17.6 Å². The van der Waals surface area contributed by atoms with Gasteiger partial charge in [0.25, 0.3) is 0 Å². The van der Waals surface area contributed by atoms with Gasteiger partial charge in [-0.2, -0.15) is 0 Å². The molecule has 298 valence electrons. The van der Waals surface area contributed by atoms with Crippen LogP contribution in [0, 0.1) is 11.8 Å². The lowest BCUT2D eigenvalue weighted by Gasteiger charge is -2.34. The van der Waals surface area contributed by atoms with Crippen LogP contribution >= 0.6 is 0 Å². The number of amides is 5. The lowest BCUT2D eigenvalue weighted by Crippen LogP contribution is -2.62. The molecule has 3 rings (SSSR count). The largest absolute Gasteiger partial charge is 0.375 e. The first kappa shape index (κ1) is 43.6. The van der Waals surface area contributed by atoms with Crippen molar-refractivity contribution >= 4 is 29.5 Å². The predicted molar refractivity (Wildman–Crippen MR) is 200 cm³/mol. The molecule has 5 amide bonds. The van der Waals surface area contributed by atoms with E-state index in [2.05, 4.69) is 33.5 Å². The second kappa shape index (κ2) is 23.1. The molecular formula is C38H69N7O7. The number of carbonyl (C=O) groups is 5. The van der Waals surface area contributed by atoms with Crippen molar-refractivity contribution in [1.82, 2.24) is 31.5 Å². The molecule has 1 saturated carbocycles. The van der Waals surface area contributed by atoms with Crippen molar-refractivity contribution in [2.45, 2.75) is 160 Å². The van der Waals surface area contributed by atoms with E-state index < -0.39 is 65.9 Å². The van der Waals surface area contributed by atoms with Crippen LogP contribution < -0.4 is 32.3 Å². The van der Waals surface area contributed by atoms with Crippen LogP contribution in [-0.2, 0) is 33.4 Å². The lowest BCUT2D eigenvalue weighted by molar-refractivity contribution is -0.147. The molecule has 3 fully saturated rings. The monoisotopic (exact) mass is 736 g/mol. The summed E-state index contributed by atoms with van der Waals surface area (Å²) in [5, 5.41) is 14.8. The van der Waals surface area contributed by atoms with Gasteiger partial charge >= 0.3 is 0 Å². The number of carbonyl (C=O) groups excluding carboxylic acids is 5. The summed E-state index contributed by atoms with van der Waals surface area (Å²) in [4.78, 5) is 71.3. The summed E-state index contributed by atoms with van der Waals surface area (Å²) in [7, 11) is 1.65. The van der Waals surface area contributed by atoms with Crippen LogP contribution in [-0.4, -0.2) is 117 Å². The molecule has 0 radical (unpaired) electrons. The van der Waals surface area contributed by atoms with Crippen LogP contribution in [0.3, 0.4) is 0 Å². The predicted octanol–water partition coefficient (Wildman–Crippen LogP) is 1.89. The molecule has 3 aliphatic rings. The fraction of sp³-hybridized carbons (Fsp3) is 0.868. The van der Waals surface area contributed by atoms with Crippen LogP contribution in [0.5, 0.6) is 0 Å². The SMILES string of the molecule is CCCCCC[C@H]1OC[C@@H](C)NC(=O)C(COC2CCNC2)NC(=O)C(CN)NC(=O)C(C2CCCCCC2)NC(=O)C(CCC)N(C)C(=O)C1C. The van der Waals surface area contributed by atoms with Crippen LogP contribution in [0.1, 0.15) is 118 Å². The molecule has 0 bridgehead atoms. The molecule has 7 N–H and O–H groups in total. The highest BCUT2D eigenvalue weighted by Gasteiger charge is 2.38. The van der Waals surface area contributed by atoms with Gasteiger partial charge in [-0.1, -0.05) is 78.6 Å². The number of ether oxygens (including phenoxy) is 2. The van der Waals surface area contributed by atoms with E-state index in [0.717, 1.165) is 77.2 Å². The van der Waals surface area contributed by atoms with Gasteiger partial charge in [-0.05, 0) is 51.5 Å². The number of nitrogens with one attached hydrogen (secondary N) is 5. The number of unbranched alkanes of at least 4 members (excludes halogenated alkanes) is 3. The average Bonchev–Trinajstić information content (AvgIpc) is 3.51. The van der Waals surface area contributed by atoms with E-state index in [4.69, 9.17) is 15.2 Å². The molecule has 0 spiro atoms. The van der Waals surface area contributed by atoms with Gasteiger partial charge in [0.05, 0.1) is 31.3 Å². The molecule has 6 unspecified atom stereocenters. The zero-order valence-electron chi connectivity index (χ0n) is 32.5. The molecule has 0 aromatic rings. The zero-order chi connectivity index (χ0) is 38.0. The Morgan fingerprint density at radius 3 is 2.12 bits per heavy atom. The summed E-state index contributed by atoms with van der Waals surface area (Å²) in [6, 6.07) is -4.40. The first-order chi connectivity index (χ1) is 25.0. The number of nitrogens with zero attached hydrogens (tertiary/aromatic N) is 1. The number of hydrogen-bond acceptors (Lipinski definition) is 9. The third-order valence-corrected chi connectivity index (χ3v) is 10.9. The lowest BCUT2D eigenvalue weighted by atomic mass is 9.90. The van der Waals surface area contributed by atoms with E-state index in [0.29, 0.717) is 25.8 Å². The highest BCUT2D eigenvalue weighted by molar-refractivity contribution is 5.96. The third kappa shape index (κ3) is 13.6. The van der Waals surface area contributed by atoms with E-state index in [1.807, 2.05) is 20.8 Å². The van der Waals surface area contributed by atoms with Crippen molar-refractivity contribution in [3.63, 3.8) is 0 Å². The molecule has 0 aromatic heterocycles. The molecule has 8 atom stereocenters. The van der Waals surface area contributed by atoms with Gasteiger partial charge in [0.2, 0.25) is 29.5 Å². The van der Waals surface area contributed by atoms with Crippen LogP contribution in [0.25, 0.3) is 0 Å². The third-order valence-electron chi connectivity index (χ3n) is 10.9. The average molecular weight is 736 g/mol. The van der Waals surface area contributed by atoms with Gasteiger partial charge in [0.1, 0.15) is 24.2 Å². The fourth-order valence-electron chi connectivity index (χ4n) is 7.55. The number of nitrogens with two attached hydrogens (primary N) is 1. The zero-order valence-corrected chi connectivity index (χ0v) is 32.5. The summed E-state index contributed by atoms with van der Waals surface area (Å²) in [5.41, 5.74) is 6.05. The number of likely N-dealkylation sites (N-methyl/N-ethyl adjacent to an activating group) is 1. The van der Waals surface area contributed by atoms with E-state index in [9.17, 15) is 24.0 Å². The smallest absolute Gasteiger partial charge is 0.245 e. The Bertz CT molecular complexity index is 1130. The molecule has 2 heterocycles. The van der Waals surface area contributed by atoms with Gasteiger partial charge in [-0.25, -0.2) is 0 Å². The van der Waals surface area contributed by atoms with Crippen molar-refractivity contribution in [3.05, 3.63) is 0 Å². The maximum atomic E-state index is 14.1. The Morgan fingerprint density at radius 2 is 1.48 bits per heavy atom. The van der Waals surface area contributed by atoms with E-state index in [1.165, 1.54) is 4.90 Å². The summed E-state index contributed by atoms with van der Waals surface area (Å²) in [6.07, 6.45) is 11.4. The van der Waals surface area contributed by atoms with Crippen LogP contribution in [0.2, 0.25) is 0 Å². The van der Waals surface area contributed by atoms with Crippen LogP contribution in [0.15, 0.2) is 0 Å². The second-order valence-corrected chi connectivity index (χ2v) is 15.2. The maximum Gasteiger partial charge on any atom is 0.245 e. The molecule has 2 aliphatic heterocycles. The van der Waals surface area contributed by atoms with Gasteiger partial charge in [-0.3, -0.25) is 24.0 Å². The molecule has 14 nitrogen and oxygen atoms in total. The number of rotatable bonds is 12. The minimum Gasteiger partial charge on any atom is -0.375 e. The van der Waals surface area contributed by atoms with Crippen molar-refractivity contribution in [2.75, 3.05) is 39.9 Å². The summed E-state index contributed by atoms with van der Waals surface area (Å²) in [6.45, 7) is 9.06. The Labute approximate surface area is 311 Å². The van der Waals surface area contributed by atoms with Gasteiger partial charge in [-0.15, -0.1) is 0 Å². The minimum atomic E-state index is -1.16. The standard InChI is InChI=1S/C38H69N7O7/c1-6-8-9-14-18-32-26(4)38(50)45(5)31(15-7-2)36(48)44-33(27-16-12-10-11-13-17-27)37(49)42-29(21-39)34(46)43-30(24-51-28-19-20-40-22-28)35(47)41-25(3)23-52-32/h25-33,40H,6-24,39H2,1-5H3,(H,41,47)(H,42,49)(H,43,46)(H,44,48)/t25-,26?,28?,29?,30?,31?,32-,33?/m1/s1. The Hall–Kier alpha value is -2.81. The van der Waals surface area contributed by atoms with E-state index >= 15 is 0 Å². The maximum absolute atomic E-state index is 14.1. The van der Waals surface area contributed by atoms with Gasteiger partial charge in [0.15, 0.2) is 0 Å². The second-order valence-electron chi connectivity index (χ2n) is 15.2.